The monoisotopic (exact) mass is 348 g/mol. The molecule has 1 aliphatic rings. The lowest BCUT2D eigenvalue weighted by Gasteiger charge is -2.10. The van der Waals surface area contributed by atoms with Crippen molar-refractivity contribution in [1.29, 1.82) is 0 Å². The van der Waals surface area contributed by atoms with Crippen LogP contribution in [0.4, 0.5) is 4.39 Å². The van der Waals surface area contributed by atoms with Gasteiger partial charge in [0.05, 0.1) is 5.56 Å². The number of carbonyl (C=O) groups excluding carboxylic acids is 1. The number of para-hydroxylation sites is 1. The maximum atomic E-state index is 13.0. The van der Waals surface area contributed by atoms with E-state index < -0.39 is 6.10 Å². The molecule has 0 radical (unpaired) electrons. The molecule has 0 spiro atoms. The molecule has 1 fully saturated rings. The fourth-order valence-electron chi connectivity index (χ4n) is 2.90. The first-order valence-corrected chi connectivity index (χ1v) is 8.43. The summed E-state index contributed by atoms with van der Waals surface area (Å²) in [4.78, 5) is 12.8. The molecule has 0 N–H and O–H groups in total. The predicted octanol–water partition coefficient (Wildman–Crippen LogP) is 4.73. The van der Waals surface area contributed by atoms with E-state index in [2.05, 4.69) is 0 Å². The number of hydrogen-bond donors (Lipinski definition) is 0. The first kappa shape index (κ1) is 16.5. The number of carbonyl (C=O) groups is 1. The molecule has 0 aliphatic carbocycles. The van der Waals surface area contributed by atoms with Gasteiger partial charge in [0, 0.05) is 0 Å². The summed E-state index contributed by atoms with van der Waals surface area (Å²) in [6.07, 6.45) is -0.882. The first-order chi connectivity index (χ1) is 12.7. The number of rotatable bonds is 6. The van der Waals surface area contributed by atoms with Gasteiger partial charge in [0.25, 0.3) is 0 Å². The van der Waals surface area contributed by atoms with Crippen LogP contribution in [-0.2, 0) is 11.3 Å². The van der Waals surface area contributed by atoms with Crippen molar-refractivity contribution in [1.82, 2.24) is 0 Å². The second kappa shape index (κ2) is 7.10. The fourth-order valence-corrected chi connectivity index (χ4v) is 2.90. The minimum atomic E-state index is -0.554. The highest BCUT2D eigenvalue weighted by Gasteiger charge is 2.46. The van der Waals surface area contributed by atoms with Crippen molar-refractivity contribution in [2.45, 2.75) is 18.8 Å². The zero-order chi connectivity index (χ0) is 17.9. The molecule has 130 valence electrons. The summed E-state index contributed by atoms with van der Waals surface area (Å²) in [6, 6.07) is 23.0. The summed E-state index contributed by atoms with van der Waals surface area (Å²) in [5, 5.41) is 0. The van der Waals surface area contributed by atoms with Crippen molar-refractivity contribution in [2.24, 2.45) is 0 Å². The average Bonchev–Trinajstić information content (AvgIpc) is 3.48. The summed E-state index contributed by atoms with van der Waals surface area (Å²) in [6.45, 7) is 0.387. The van der Waals surface area contributed by atoms with Crippen molar-refractivity contribution >= 4 is 5.78 Å². The van der Waals surface area contributed by atoms with Crippen LogP contribution in [0.2, 0.25) is 0 Å². The van der Waals surface area contributed by atoms with Crippen LogP contribution in [0, 0.1) is 5.82 Å². The lowest BCUT2D eigenvalue weighted by molar-refractivity contribution is 0.0949. The van der Waals surface area contributed by atoms with Crippen molar-refractivity contribution in [3.05, 3.63) is 101 Å². The van der Waals surface area contributed by atoms with Crippen molar-refractivity contribution in [3.8, 4) is 5.75 Å². The quantitative estimate of drug-likeness (QED) is 0.478. The third-order valence-electron chi connectivity index (χ3n) is 4.34. The van der Waals surface area contributed by atoms with Gasteiger partial charge in [-0.05, 0) is 35.4 Å². The Balaban J connectivity index is 1.48. The summed E-state index contributed by atoms with van der Waals surface area (Å²) >= 11 is 0. The Kier molecular flexibility index (Phi) is 4.50. The molecule has 0 bridgehead atoms. The Morgan fingerprint density at radius 1 is 0.923 bits per heavy atom. The maximum Gasteiger partial charge on any atom is 0.198 e. The molecule has 2 atom stereocenters. The summed E-state index contributed by atoms with van der Waals surface area (Å²) in [5.41, 5.74) is 2.33. The number of epoxide rings is 1. The van der Waals surface area contributed by atoms with Crippen molar-refractivity contribution in [2.75, 3.05) is 0 Å². The van der Waals surface area contributed by atoms with Crippen LogP contribution in [-0.4, -0.2) is 11.9 Å². The van der Waals surface area contributed by atoms with E-state index in [-0.39, 0.29) is 17.7 Å². The predicted molar refractivity (Wildman–Crippen MR) is 95.6 cm³/mol. The van der Waals surface area contributed by atoms with Gasteiger partial charge in [0.1, 0.15) is 24.3 Å². The molecular weight excluding hydrogens is 331 g/mol. The van der Waals surface area contributed by atoms with E-state index in [4.69, 9.17) is 9.47 Å². The smallest absolute Gasteiger partial charge is 0.198 e. The molecule has 3 aromatic rings. The highest BCUT2D eigenvalue weighted by atomic mass is 19.1. The largest absolute Gasteiger partial charge is 0.488 e. The molecule has 0 saturated carbocycles. The maximum absolute atomic E-state index is 13.0. The van der Waals surface area contributed by atoms with Gasteiger partial charge in [0.15, 0.2) is 11.9 Å². The molecule has 0 amide bonds. The topological polar surface area (TPSA) is 38.8 Å². The van der Waals surface area contributed by atoms with Gasteiger partial charge < -0.3 is 9.47 Å². The van der Waals surface area contributed by atoms with E-state index >= 15 is 0 Å². The number of hydrogen-bond acceptors (Lipinski definition) is 3. The molecule has 0 unspecified atom stereocenters. The molecular formula is C22H17FO3. The zero-order valence-corrected chi connectivity index (χ0v) is 14.0. The molecule has 1 aliphatic heterocycles. The second-order valence-electron chi connectivity index (χ2n) is 6.16. The molecule has 1 heterocycles. The Morgan fingerprint density at radius 2 is 1.62 bits per heavy atom. The standard InChI is InChI=1S/C22H17FO3/c23-17-12-10-16(11-13-17)21-22(26-21)20(24)18-8-4-5-9-19(18)25-14-15-6-2-1-3-7-15/h1-13,21-22H,14H2/t21-,22+/m1/s1. The zero-order valence-electron chi connectivity index (χ0n) is 14.0. The summed E-state index contributed by atoms with van der Waals surface area (Å²) in [5.74, 6) is 0.106. The summed E-state index contributed by atoms with van der Waals surface area (Å²) < 4.78 is 24.4. The second-order valence-corrected chi connectivity index (χ2v) is 6.16. The molecule has 26 heavy (non-hydrogen) atoms. The van der Waals surface area contributed by atoms with Crippen LogP contribution in [0.25, 0.3) is 0 Å². The Morgan fingerprint density at radius 3 is 2.38 bits per heavy atom. The highest BCUT2D eigenvalue weighted by molar-refractivity contribution is 6.03. The van der Waals surface area contributed by atoms with E-state index in [9.17, 15) is 9.18 Å². The lowest BCUT2D eigenvalue weighted by atomic mass is 10.0. The van der Waals surface area contributed by atoms with Crippen LogP contribution in [0.1, 0.15) is 27.6 Å². The lowest BCUT2D eigenvalue weighted by Crippen LogP contribution is -2.10. The van der Waals surface area contributed by atoms with Gasteiger partial charge in [-0.25, -0.2) is 4.39 Å². The molecule has 4 rings (SSSR count). The third kappa shape index (κ3) is 3.51. The van der Waals surface area contributed by atoms with Crippen LogP contribution < -0.4 is 4.74 Å². The molecule has 0 aromatic heterocycles. The van der Waals surface area contributed by atoms with E-state index in [0.29, 0.717) is 17.9 Å². The number of benzene rings is 3. The van der Waals surface area contributed by atoms with E-state index in [0.717, 1.165) is 11.1 Å². The number of Topliss-reactive ketones (excluding diaryl/α,β-unsaturated/α-hetero) is 1. The molecule has 4 heteroatoms. The van der Waals surface area contributed by atoms with Gasteiger partial charge >= 0.3 is 0 Å². The summed E-state index contributed by atoms with van der Waals surface area (Å²) in [7, 11) is 0. The fraction of sp³-hybridized carbons (Fsp3) is 0.136. The average molecular weight is 348 g/mol. The van der Waals surface area contributed by atoms with E-state index in [1.54, 1.807) is 30.3 Å². The van der Waals surface area contributed by atoms with Gasteiger partial charge in [-0.3, -0.25) is 4.79 Å². The van der Waals surface area contributed by atoms with Crippen LogP contribution in [0.3, 0.4) is 0 Å². The van der Waals surface area contributed by atoms with Crippen molar-refractivity contribution in [3.63, 3.8) is 0 Å². The normalized spacial score (nSPS) is 18.3. The number of ether oxygens (including phenoxy) is 2. The third-order valence-corrected chi connectivity index (χ3v) is 4.34. The molecule has 1 saturated heterocycles. The van der Waals surface area contributed by atoms with Crippen LogP contribution in [0.15, 0.2) is 78.9 Å². The minimum absolute atomic E-state index is 0.122. The number of halogens is 1. The molecule has 3 nitrogen and oxygen atoms in total. The van der Waals surface area contributed by atoms with Gasteiger partial charge in [-0.15, -0.1) is 0 Å². The van der Waals surface area contributed by atoms with Crippen LogP contribution in [0.5, 0.6) is 5.75 Å². The van der Waals surface area contributed by atoms with E-state index in [1.165, 1.54) is 12.1 Å². The Bertz CT molecular complexity index is 906. The Labute approximate surface area is 151 Å². The molecule has 3 aromatic carbocycles. The van der Waals surface area contributed by atoms with Crippen LogP contribution >= 0.6 is 0 Å². The highest BCUT2D eigenvalue weighted by Crippen LogP contribution is 2.41. The van der Waals surface area contributed by atoms with Gasteiger partial charge in [-0.1, -0.05) is 54.6 Å². The van der Waals surface area contributed by atoms with Gasteiger partial charge in [-0.2, -0.15) is 0 Å². The van der Waals surface area contributed by atoms with E-state index in [1.807, 2.05) is 36.4 Å². The van der Waals surface area contributed by atoms with Crippen molar-refractivity contribution < 1.29 is 18.7 Å². The first-order valence-electron chi connectivity index (χ1n) is 8.43. The van der Waals surface area contributed by atoms with Gasteiger partial charge in [0.2, 0.25) is 0 Å². The Hall–Kier alpha value is -2.98. The number of ketones is 1. The minimum Gasteiger partial charge on any atom is -0.488 e. The SMILES string of the molecule is O=C(c1ccccc1OCc1ccccc1)[C@@H]1O[C@@H]1c1ccc(F)cc1.